The Labute approximate surface area is 114 Å². The van der Waals surface area contributed by atoms with Crippen molar-refractivity contribution in [3.8, 4) is 5.75 Å². The van der Waals surface area contributed by atoms with E-state index in [2.05, 4.69) is 32.9 Å². The lowest BCUT2D eigenvalue weighted by atomic mass is 9.84. The molecule has 0 heterocycles. The highest BCUT2D eigenvalue weighted by atomic mass is 16.5. The molecule has 1 aromatic carbocycles. The summed E-state index contributed by atoms with van der Waals surface area (Å²) in [6.07, 6.45) is 2.10. The molecule has 19 heavy (non-hydrogen) atoms. The van der Waals surface area contributed by atoms with Gasteiger partial charge in [0.15, 0.2) is 0 Å². The summed E-state index contributed by atoms with van der Waals surface area (Å²) in [5.41, 5.74) is 1.73. The van der Waals surface area contributed by atoms with Crippen LogP contribution in [0.4, 0.5) is 0 Å². The molecular weight excluding hydrogens is 240 g/mol. The van der Waals surface area contributed by atoms with Crippen molar-refractivity contribution in [3.05, 3.63) is 29.3 Å². The molecule has 1 aliphatic rings. The number of methoxy groups -OCH3 is 1. The number of ether oxygens (including phenoxy) is 1. The zero-order valence-electron chi connectivity index (χ0n) is 12.1. The van der Waals surface area contributed by atoms with Crippen LogP contribution in [0.5, 0.6) is 5.75 Å². The summed E-state index contributed by atoms with van der Waals surface area (Å²) in [4.78, 5) is 11.3. The van der Waals surface area contributed by atoms with Crippen molar-refractivity contribution in [2.75, 3.05) is 7.11 Å². The molecule has 1 aromatic rings. The van der Waals surface area contributed by atoms with Gasteiger partial charge in [-0.15, -0.1) is 0 Å². The first-order chi connectivity index (χ1) is 8.78. The SMILES string of the molecule is COc1ccc(C(C)(C)C)cc1CC1(C(=O)O)CC1. The van der Waals surface area contributed by atoms with Crippen LogP contribution < -0.4 is 4.74 Å². The number of carboxylic acid groups (broad SMARTS) is 1. The summed E-state index contributed by atoms with van der Waals surface area (Å²) in [5, 5.41) is 9.32. The van der Waals surface area contributed by atoms with Crippen molar-refractivity contribution in [2.45, 2.75) is 45.4 Å². The van der Waals surface area contributed by atoms with Gasteiger partial charge in [-0.05, 0) is 41.9 Å². The van der Waals surface area contributed by atoms with Crippen LogP contribution in [0.1, 0.15) is 44.7 Å². The van der Waals surface area contributed by atoms with Gasteiger partial charge in [0.2, 0.25) is 0 Å². The van der Waals surface area contributed by atoms with Gasteiger partial charge in [0.25, 0.3) is 0 Å². The monoisotopic (exact) mass is 262 g/mol. The first kappa shape index (κ1) is 13.9. The number of rotatable bonds is 4. The van der Waals surface area contributed by atoms with Gasteiger partial charge in [-0.3, -0.25) is 4.79 Å². The lowest BCUT2D eigenvalue weighted by Crippen LogP contribution is -2.19. The quantitative estimate of drug-likeness (QED) is 0.904. The first-order valence-corrected chi connectivity index (χ1v) is 6.69. The zero-order valence-corrected chi connectivity index (χ0v) is 12.1. The molecule has 3 nitrogen and oxygen atoms in total. The van der Waals surface area contributed by atoms with Gasteiger partial charge in [0.05, 0.1) is 12.5 Å². The van der Waals surface area contributed by atoms with Crippen LogP contribution in [0.15, 0.2) is 18.2 Å². The Morgan fingerprint density at radius 2 is 2.00 bits per heavy atom. The van der Waals surface area contributed by atoms with E-state index in [0.717, 1.165) is 24.2 Å². The predicted octanol–water partition coefficient (Wildman–Crippen LogP) is 3.40. The van der Waals surface area contributed by atoms with Crippen molar-refractivity contribution in [1.29, 1.82) is 0 Å². The lowest BCUT2D eigenvalue weighted by Gasteiger charge is -2.22. The Balaban J connectivity index is 2.35. The van der Waals surface area contributed by atoms with Crippen LogP contribution in [0.25, 0.3) is 0 Å². The molecule has 1 fully saturated rings. The third kappa shape index (κ3) is 2.75. The normalized spacial score (nSPS) is 17.1. The Kier molecular flexibility index (Phi) is 3.33. The molecule has 1 saturated carbocycles. The smallest absolute Gasteiger partial charge is 0.309 e. The molecule has 0 spiro atoms. The highest BCUT2D eigenvalue weighted by molar-refractivity contribution is 5.78. The molecule has 3 heteroatoms. The largest absolute Gasteiger partial charge is 0.496 e. The molecular formula is C16H22O3. The van der Waals surface area contributed by atoms with Gasteiger partial charge in [-0.25, -0.2) is 0 Å². The number of carboxylic acids is 1. The van der Waals surface area contributed by atoms with Crippen molar-refractivity contribution >= 4 is 5.97 Å². The third-order valence-electron chi connectivity index (χ3n) is 3.98. The van der Waals surface area contributed by atoms with Crippen molar-refractivity contribution in [1.82, 2.24) is 0 Å². The number of aliphatic carboxylic acids is 1. The molecule has 0 unspecified atom stereocenters. The number of hydrogen-bond donors (Lipinski definition) is 1. The van der Waals surface area contributed by atoms with E-state index in [1.807, 2.05) is 6.07 Å². The second-order valence-corrected chi connectivity index (χ2v) is 6.54. The van der Waals surface area contributed by atoms with Gasteiger partial charge >= 0.3 is 5.97 Å². The van der Waals surface area contributed by atoms with Crippen LogP contribution >= 0.6 is 0 Å². The molecule has 0 amide bonds. The average molecular weight is 262 g/mol. The fourth-order valence-corrected chi connectivity index (χ4v) is 2.36. The van der Waals surface area contributed by atoms with Crippen LogP contribution in [-0.4, -0.2) is 18.2 Å². The van der Waals surface area contributed by atoms with Crippen LogP contribution in [0, 0.1) is 5.41 Å². The van der Waals surface area contributed by atoms with E-state index < -0.39 is 11.4 Å². The highest BCUT2D eigenvalue weighted by Gasteiger charge is 2.50. The maximum Gasteiger partial charge on any atom is 0.309 e. The molecule has 0 radical (unpaired) electrons. The molecule has 0 atom stereocenters. The highest BCUT2D eigenvalue weighted by Crippen LogP contribution is 2.50. The van der Waals surface area contributed by atoms with Crippen molar-refractivity contribution < 1.29 is 14.6 Å². The number of benzene rings is 1. The van der Waals surface area contributed by atoms with Crippen LogP contribution in [0.2, 0.25) is 0 Å². The summed E-state index contributed by atoms with van der Waals surface area (Å²) < 4.78 is 5.37. The Hall–Kier alpha value is -1.51. The standard InChI is InChI=1S/C16H22O3/c1-15(2,3)12-5-6-13(19-4)11(9-12)10-16(7-8-16)14(17)18/h5-6,9H,7-8,10H2,1-4H3,(H,17,18). The fourth-order valence-electron chi connectivity index (χ4n) is 2.36. The Morgan fingerprint density at radius 3 is 2.42 bits per heavy atom. The van der Waals surface area contributed by atoms with Gasteiger partial charge in [-0.1, -0.05) is 32.9 Å². The topological polar surface area (TPSA) is 46.5 Å². The summed E-state index contributed by atoms with van der Waals surface area (Å²) in [7, 11) is 1.63. The van der Waals surface area contributed by atoms with Gasteiger partial charge in [0.1, 0.15) is 5.75 Å². The lowest BCUT2D eigenvalue weighted by molar-refractivity contribution is -0.143. The van der Waals surface area contributed by atoms with E-state index in [9.17, 15) is 9.90 Å². The maximum atomic E-state index is 11.3. The molecule has 2 rings (SSSR count). The van der Waals surface area contributed by atoms with Crippen LogP contribution in [-0.2, 0) is 16.6 Å². The van der Waals surface area contributed by atoms with E-state index in [1.54, 1.807) is 7.11 Å². The van der Waals surface area contributed by atoms with Gasteiger partial charge < -0.3 is 9.84 Å². The first-order valence-electron chi connectivity index (χ1n) is 6.69. The molecule has 0 aliphatic heterocycles. The Morgan fingerprint density at radius 1 is 1.37 bits per heavy atom. The average Bonchev–Trinajstić information content (AvgIpc) is 3.09. The molecule has 0 saturated heterocycles. The summed E-state index contributed by atoms with van der Waals surface area (Å²) in [5.74, 6) is 0.108. The van der Waals surface area contributed by atoms with E-state index >= 15 is 0 Å². The van der Waals surface area contributed by atoms with Gasteiger partial charge in [0, 0.05) is 0 Å². The van der Waals surface area contributed by atoms with Crippen molar-refractivity contribution in [3.63, 3.8) is 0 Å². The maximum absolute atomic E-state index is 11.3. The fraction of sp³-hybridized carbons (Fsp3) is 0.562. The number of hydrogen-bond acceptors (Lipinski definition) is 2. The summed E-state index contributed by atoms with van der Waals surface area (Å²) >= 11 is 0. The second kappa shape index (κ2) is 4.55. The minimum Gasteiger partial charge on any atom is -0.496 e. The van der Waals surface area contributed by atoms with Crippen molar-refractivity contribution in [2.24, 2.45) is 5.41 Å². The summed E-state index contributed by atoms with van der Waals surface area (Å²) in [6.45, 7) is 6.47. The second-order valence-electron chi connectivity index (χ2n) is 6.54. The van der Waals surface area contributed by atoms with E-state index in [-0.39, 0.29) is 5.41 Å². The zero-order chi connectivity index (χ0) is 14.3. The molecule has 1 N–H and O–H groups in total. The minimum atomic E-state index is -0.685. The Bertz CT molecular complexity index is 493. The molecule has 1 aliphatic carbocycles. The molecule has 0 aromatic heterocycles. The van der Waals surface area contributed by atoms with E-state index in [0.29, 0.717) is 6.42 Å². The van der Waals surface area contributed by atoms with Crippen LogP contribution in [0.3, 0.4) is 0 Å². The predicted molar refractivity (Wildman–Crippen MR) is 74.7 cm³/mol. The van der Waals surface area contributed by atoms with E-state index in [4.69, 9.17) is 4.74 Å². The third-order valence-corrected chi connectivity index (χ3v) is 3.98. The van der Waals surface area contributed by atoms with E-state index in [1.165, 1.54) is 5.56 Å². The number of carbonyl (C=O) groups is 1. The minimum absolute atomic E-state index is 0.0565. The molecule has 104 valence electrons. The molecule has 0 bridgehead atoms. The summed E-state index contributed by atoms with van der Waals surface area (Å²) in [6, 6.07) is 6.11. The van der Waals surface area contributed by atoms with Gasteiger partial charge in [-0.2, -0.15) is 0 Å².